The van der Waals surface area contributed by atoms with E-state index in [0.717, 1.165) is 55.8 Å². The third-order valence-electron chi connectivity index (χ3n) is 5.76. The smallest absolute Gasteiger partial charge is 0.137 e. The molecule has 3 nitrogen and oxygen atoms in total. The quantitative estimate of drug-likeness (QED) is 0.206. The van der Waals surface area contributed by atoms with E-state index in [1.54, 1.807) is 6.08 Å². The predicted octanol–water partition coefficient (Wildman–Crippen LogP) is 8.49. The van der Waals surface area contributed by atoms with E-state index >= 15 is 0 Å². The summed E-state index contributed by atoms with van der Waals surface area (Å²) in [4.78, 5) is 4.74. The zero-order chi connectivity index (χ0) is 24.0. The maximum atomic E-state index is 6.46. The Morgan fingerprint density at radius 1 is 0.857 bits per heavy atom. The van der Waals surface area contributed by atoms with Gasteiger partial charge in [0, 0.05) is 40.0 Å². The number of allylic oxidation sites excluding steroid dienone is 4. The Morgan fingerprint density at radius 2 is 1.63 bits per heavy atom. The second-order valence-electron chi connectivity index (χ2n) is 8.16. The molecule has 170 valence electrons. The Bertz CT molecular complexity index is 1580. The highest BCUT2D eigenvalue weighted by molar-refractivity contribution is 6.02. The summed E-state index contributed by atoms with van der Waals surface area (Å²) >= 11 is 0. The number of nitrogens with zero attached hydrogens (tertiary/aromatic N) is 1. The Labute approximate surface area is 205 Å². The van der Waals surface area contributed by atoms with Crippen molar-refractivity contribution in [3.05, 3.63) is 139 Å². The van der Waals surface area contributed by atoms with E-state index in [-0.39, 0.29) is 0 Å². The lowest BCUT2D eigenvalue weighted by Crippen LogP contribution is -2.03. The normalized spacial score (nSPS) is 12.5. The summed E-state index contributed by atoms with van der Waals surface area (Å²) in [6.45, 7) is 5.86. The number of para-hydroxylation sites is 1. The molecular weight excluding hydrogens is 428 g/mol. The van der Waals surface area contributed by atoms with Gasteiger partial charge in [0.2, 0.25) is 0 Å². The molecule has 0 saturated carbocycles. The minimum atomic E-state index is 0.781. The molecule has 0 atom stereocenters. The third kappa shape index (κ3) is 4.85. The molecule has 1 aliphatic carbocycles. The van der Waals surface area contributed by atoms with Crippen LogP contribution in [0, 0.1) is 0 Å². The zero-order valence-electron chi connectivity index (χ0n) is 19.6. The first-order valence-corrected chi connectivity index (χ1v) is 11.6. The second-order valence-corrected chi connectivity index (χ2v) is 8.16. The summed E-state index contributed by atoms with van der Waals surface area (Å²) < 4.78 is 6.46. The SMILES string of the molecule is C=C/C(=C\C=C/C)N=c1ccc2c(-c3ccccc3)c3ccc(Nc4ccccc4)cc3oc-2c1. The lowest BCUT2D eigenvalue weighted by Gasteiger charge is -2.16. The monoisotopic (exact) mass is 454 g/mol. The minimum absolute atomic E-state index is 0.781. The fraction of sp³-hybridized carbons (Fsp3) is 0.0312. The van der Waals surface area contributed by atoms with Crippen molar-refractivity contribution in [1.29, 1.82) is 0 Å². The lowest BCUT2D eigenvalue weighted by molar-refractivity contribution is 0.619. The third-order valence-corrected chi connectivity index (χ3v) is 5.76. The molecule has 0 spiro atoms. The van der Waals surface area contributed by atoms with Gasteiger partial charge < -0.3 is 9.73 Å². The van der Waals surface area contributed by atoms with Crippen LogP contribution in [0.5, 0.6) is 0 Å². The van der Waals surface area contributed by atoms with E-state index < -0.39 is 0 Å². The van der Waals surface area contributed by atoms with E-state index in [9.17, 15) is 0 Å². The van der Waals surface area contributed by atoms with Crippen LogP contribution < -0.4 is 10.7 Å². The van der Waals surface area contributed by atoms with E-state index in [0.29, 0.717) is 0 Å². The van der Waals surface area contributed by atoms with Crippen LogP contribution in [0.4, 0.5) is 11.4 Å². The van der Waals surface area contributed by atoms with E-state index in [1.807, 2.05) is 73.7 Å². The molecule has 0 amide bonds. The Hall–Kier alpha value is -4.63. The van der Waals surface area contributed by atoms with Gasteiger partial charge in [0.05, 0.1) is 11.1 Å². The summed E-state index contributed by atoms with van der Waals surface area (Å²) in [5.41, 5.74) is 6.93. The highest BCUT2D eigenvalue weighted by atomic mass is 16.3. The summed E-state index contributed by atoms with van der Waals surface area (Å²) in [6, 6.07) is 32.9. The molecule has 0 fully saturated rings. The van der Waals surface area contributed by atoms with Crippen LogP contribution >= 0.6 is 0 Å². The first-order chi connectivity index (χ1) is 17.2. The van der Waals surface area contributed by atoms with Gasteiger partial charge in [0.25, 0.3) is 0 Å². The Kier molecular flexibility index (Phi) is 6.40. The fourth-order valence-electron chi connectivity index (χ4n) is 4.12. The summed E-state index contributed by atoms with van der Waals surface area (Å²) in [5.74, 6) is 0.781. The lowest BCUT2D eigenvalue weighted by atomic mass is 9.93. The molecule has 3 heteroatoms. The second kappa shape index (κ2) is 10.1. The molecule has 1 aliphatic heterocycles. The molecule has 2 aliphatic rings. The molecule has 0 saturated heterocycles. The summed E-state index contributed by atoms with van der Waals surface area (Å²) in [6.07, 6.45) is 7.60. The highest BCUT2D eigenvalue weighted by Gasteiger charge is 2.17. The van der Waals surface area contributed by atoms with Gasteiger partial charge in [-0.15, -0.1) is 0 Å². The Morgan fingerprint density at radius 3 is 2.37 bits per heavy atom. The van der Waals surface area contributed by atoms with Crippen molar-refractivity contribution in [2.45, 2.75) is 6.92 Å². The average Bonchev–Trinajstić information content (AvgIpc) is 2.90. The number of fused-ring (bicyclic) bond motifs is 2. The van der Waals surface area contributed by atoms with Crippen molar-refractivity contribution in [3.63, 3.8) is 0 Å². The number of hydrogen-bond donors (Lipinski definition) is 1. The van der Waals surface area contributed by atoms with Gasteiger partial charge in [-0.2, -0.15) is 0 Å². The van der Waals surface area contributed by atoms with Crippen LogP contribution in [-0.2, 0) is 0 Å². The molecule has 0 bridgehead atoms. The van der Waals surface area contributed by atoms with Crippen molar-refractivity contribution in [2.75, 3.05) is 5.32 Å². The molecule has 3 aromatic rings. The van der Waals surface area contributed by atoms with Gasteiger partial charge in [-0.05, 0) is 61.0 Å². The molecular formula is C32H26N2O. The predicted molar refractivity (Wildman–Crippen MR) is 147 cm³/mol. The van der Waals surface area contributed by atoms with Crippen LogP contribution in [0.3, 0.4) is 0 Å². The van der Waals surface area contributed by atoms with Crippen molar-refractivity contribution >= 4 is 22.3 Å². The molecule has 3 aromatic carbocycles. The van der Waals surface area contributed by atoms with Gasteiger partial charge in [0.1, 0.15) is 11.3 Å². The van der Waals surface area contributed by atoms with E-state index in [2.05, 4.69) is 60.4 Å². The van der Waals surface area contributed by atoms with Crippen molar-refractivity contribution < 1.29 is 4.42 Å². The maximum Gasteiger partial charge on any atom is 0.137 e. The van der Waals surface area contributed by atoms with Gasteiger partial charge in [0.15, 0.2) is 0 Å². The van der Waals surface area contributed by atoms with Crippen LogP contribution in [-0.4, -0.2) is 0 Å². The van der Waals surface area contributed by atoms with Crippen molar-refractivity contribution in [3.8, 4) is 22.5 Å². The minimum Gasteiger partial charge on any atom is -0.456 e. The van der Waals surface area contributed by atoms with Crippen LogP contribution in [0.1, 0.15) is 6.92 Å². The van der Waals surface area contributed by atoms with Crippen LogP contribution in [0.2, 0.25) is 0 Å². The maximum absolute atomic E-state index is 6.46. The highest BCUT2D eigenvalue weighted by Crippen LogP contribution is 2.40. The van der Waals surface area contributed by atoms with E-state index in [4.69, 9.17) is 9.41 Å². The number of hydrogen-bond acceptors (Lipinski definition) is 3. The first-order valence-electron chi connectivity index (χ1n) is 11.6. The van der Waals surface area contributed by atoms with Gasteiger partial charge >= 0.3 is 0 Å². The van der Waals surface area contributed by atoms with Crippen LogP contribution in [0.25, 0.3) is 33.4 Å². The molecule has 0 radical (unpaired) electrons. The molecule has 1 heterocycles. The number of nitrogens with one attached hydrogen (secondary N) is 1. The van der Waals surface area contributed by atoms with Crippen LogP contribution in [0.15, 0.2) is 143 Å². The Balaban J connectivity index is 1.72. The molecule has 0 aromatic heterocycles. The van der Waals surface area contributed by atoms with Crippen molar-refractivity contribution in [2.24, 2.45) is 4.99 Å². The fourth-order valence-corrected chi connectivity index (χ4v) is 4.12. The van der Waals surface area contributed by atoms with Gasteiger partial charge in [-0.3, -0.25) is 0 Å². The number of rotatable bonds is 6. The zero-order valence-corrected chi connectivity index (χ0v) is 19.6. The largest absolute Gasteiger partial charge is 0.456 e. The van der Waals surface area contributed by atoms with E-state index in [1.165, 1.54) is 0 Å². The number of anilines is 2. The standard InChI is InChI=1S/C32H26N2O/c1-3-5-14-24(4-2)33-26-17-19-28-30(21-26)35-31-22-27(34-25-15-10-7-11-16-25)18-20-29(31)32(28)23-12-8-6-9-13-23/h3-22,34H,2H2,1H3/b5-3-,24-14+,33-26?. The summed E-state index contributed by atoms with van der Waals surface area (Å²) in [7, 11) is 0. The molecule has 0 unspecified atom stereocenters. The summed E-state index contributed by atoms with van der Waals surface area (Å²) in [5, 5.41) is 5.34. The average molecular weight is 455 g/mol. The topological polar surface area (TPSA) is 37.5 Å². The van der Waals surface area contributed by atoms with Crippen molar-refractivity contribution in [1.82, 2.24) is 0 Å². The molecule has 35 heavy (non-hydrogen) atoms. The first kappa shape index (κ1) is 22.2. The number of benzene rings is 4. The molecule has 1 N–H and O–H groups in total. The van der Waals surface area contributed by atoms with Gasteiger partial charge in [-0.25, -0.2) is 4.99 Å². The molecule has 5 rings (SSSR count). The van der Waals surface area contributed by atoms with Gasteiger partial charge in [-0.1, -0.05) is 67.3 Å².